The first-order valence-electron chi connectivity index (χ1n) is 7.44. The maximum atomic E-state index is 12.4. The minimum absolute atomic E-state index is 0.279. The SMILES string of the molecule is COCc1nc(C(=O)O[C@@H](CCN(C)C)c2ccccc2)cs1. The summed E-state index contributed by atoms with van der Waals surface area (Å²) in [7, 11) is 5.61. The molecule has 0 aliphatic heterocycles. The van der Waals surface area contributed by atoms with Crippen LogP contribution < -0.4 is 0 Å². The van der Waals surface area contributed by atoms with Crippen LogP contribution in [0.4, 0.5) is 0 Å². The van der Waals surface area contributed by atoms with E-state index in [9.17, 15) is 4.79 Å². The molecule has 2 rings (SSSR count). The molecule has 2 aromatic rings. The predicted octanol–water partition coefficient (Wildman–Crippen LogP) is 3.14. The summed E-state index contributed by atoms with van der Waals surface area (Å²) < 4.78 is 10.7. The van der Waals surface area contributed by atoms with Gasteiger partial charge in [-0.25, -0.2) is 9.78 Å². The predicted molar refractivity (Wildman–Crippen MR) is 90.6 cm³/mol. The van der Waals surface area contributed by atoms with Gasteiger partial charge in [0.2, 0.25) is 0 Å². The summed E-state index contributed by atoms with van der Waals surface area (Å²) in [5.74, 6) is -0.392. The van der Waals surface area contributed by atoms with Crippen LogP contribution in [0.25, 0.3) is 0 Å². The molecule has 0 unspecified atom stereocenters. The molecule has 1 aromatic carbocycles. The average molecular weight is 334 g/mol. The lowest BCUT2D eigenvalue weighted by Gasteiger charge is -2.20. The number of benzene rings is 1. The molecule has 1 heterocycles. The third-order valence-electron chi connectivity index (χ3n) is 3.29. The summed E-state index contributed by atoms with van der Waals surface area (Å²) >= 11 is 1.40. The first-order chi connectivity index (χ1) is 11.1. The molecule has 1 atom stereocenters. The smallest absolute Gasteiger partial charge is 0.358 e. The number of ether oxygens (including phenoxy) is 2. The van der Waals surface area contributed by atoms with Crippen molar-refractivity contribution in [3.63, 3.8) is 0 Å². The van der Waals surface area contributed by atoms with Crippen molar-refractivity contribution in [2.24, 2.45) is 0 Å². The second kappa shape index (κ2) is 8.76. The number of hydrogen-bond acceptors (Lipinski definition) is 6. The molecule has 0 aliphatic rings. The summed E-state index contributed by atoms with van der Waals surface area (Å²) in [6, 6.07) is 9.80. The third-order valence-corrected chi connectivity index (χ3v) is 4.11. The van der Waals surface area contributed by atoms with Crippen molar-refractivity contribution in [1.82, 2.24) is 9.88 Å². The molecule has 1 aromatic heterocycles. The van der Waals surface area contributed by atoms with Crippen LogP contribution in [0.15, 0.2) is 35.7 Å². The second-order valence-corrected chi connectivity index (χ2v) is 6.40. The Bertz CT molecular complexity index is 613. The number of carbonyl (C=O) groups is 1. The molecular formula is C17H22N2O3S. The number of carbonyl (C=O) groups excluding carboxylic acids is 1. The van der Waals surface area contributed by atoms with Crippen molar-refractivity contribution in [3.8, 4) is 0 Å². The van der Waals surface area contributed by atoms with Crippen LogP contribution in [0, 0.1) is 0 Å². The molecule has 0 spiro atoms. The van der Waals surface area contributed by atoms with Gasteiger partial charge in [-0.15, -0.1) is 11.3 Å². The van der Waals surface area contributed by atoms with Crippen LogP contribution in [-0.2, 0) is 16.1 Å². The largest absolute Gasteiger partial charge is 0.453 e. The highest BCUT2D eigenvalue weighted by Crippen LogP contribution is 2.23. The fraction of sp³-hybridized carbons (Fsp3) is 0.412. The van der Waals surface area contributed by atoms with Crippen molar-refractivity contribution in [2.75, 3.05) is 27.7 Å². The highest BCUT2D eigenvalue weighted by atomic mass is 32.1. The van der Waals surface area contributed by atoms with Crippen LogP contribution in [0.3, 0.4) is 0 Å². The van der Waals surface area contributed by atoms with Crippen molar-refractivity contribution < 1.29 is 14.3 Å². The van der Waals surface area contributed by atoms with Crippen LogP contribution >= 0.6 is 11.3 Å². The third kappa shape index (κ3) is 5.42. The van der Waals surface area contributed by atoms with Gasteiger partial charge in [-0.3, -0.25) is 0 Å². The monoisotopic (exact) mass is 334 g/mol. The Kier molecular flexibility index (Phi) is 6.70. The lowest BCUT2D eigenvalue weighted by atomic mass is 10.1. The summed E-state index contributed by atoms with van der Waals surface area (Å²) in [5, 5.41) is 2.48. The minimum atomic E-state index is -0.392. The Hall–Kier alpha value is -1.76. The van der Waals surface area contributed by atoms with E-state index in [-0.39, 0.29) is 6.10 Å². The number of methoxy groups -OCH3 is 1. The lowest BCUT2D eigenvalue weighted by molar-refractivity contribution is 0.0255. The Morgan fingerprint density at radius 2 is 2.04 bits per heavy atom. The maximum absolute atomic E-state index is 12.4. The van der Waals surface area contributed by atoms with E-state index in [1.165, 1.54) is 11.3 Å². The molecule has 23 heavy (non-hydrogen) atoms. The summed E-state index contributed by atoms with van der Waals surface area (Å²) in [4.78, 5) is 18.7. The maximum Gasteiger partial charge on any atom is 0.358 e. The molecule has 6 heteroatoms. The fourth-order valence-corrected chi connectivity index (χ4v) is 2.85. The normalized spacial score (nSPS) is 12.3. The van der Waals surface area contributed by atoms with Gasteiger partial charge in [0, 0.05) is 25.5 Å². The number of rotatable bonds is 8. The van der Waals surface area contributed by atoms with Gasteiger partial charge in [0.25, 0.3) is 0 Å². The van der Waals surface area contributed by atoms with Gasteiger partial charge in [-0.2, -0.15) is 0 Å². The van der Waals surface area contributed by atoms with Crippen LogP contribution in [0.5, 0.6) is 0 Å². The summed E-state index contributed by atoms with van der Waals surface area (Å²) in [6.45, 7) is 1.24. The molecule has 0 aliphatic carbocycles. The van der Waals surface area contributed by atoms with Gasteiger partial charge in [-0.05, 0) is 19.7 Å². The fourth-order valence-electron chi connectivity index (χ4n) is 2.12. The number of nitrogens with zero attached hydrogens (tertiary/aromatic N) is 2. The van der Waals surface area contributed by atoms with E-state index in [0.29, 0.717) is 12.3 Å². The van der Waals surface area contributed by atoms with Crippen molar-refractivity contribution >= 4 is 17.3 Å². The second-order valence-electron chi connectivity index (χ2n) is 5.46. The van der Waals surface area contributed by atoms with Crippen LogP contribution in [-0.4, -0.2) is 43.6 Å². The van der Waals surface area contributed by atoms with E-state index in [2.05, 4.69) is 9.88 Å². The first kappa shape index (κ1) is 17.6. The zero-order chi connectivity index (χ0) is 16.7. The van der Waals surface area contributed by atoms with Gasteiger partial charge in [-0.1, -0.05) is 30.3 Å². The lowest BCUT2D eigenvalue weighted by Crippen LogP contribution is -2.19. The Labute approximate surface area is 140 Å². The molecule has 0 radical (unpaired) electrons. The number of hydrogen-bond donors (Lipinski definition) is 0. The standard InChI is InChI=1S/C17H22N2O3S/c1-19(2)10-9-15(13-7-5-4-6-8-13)22-17(20)14-12-23-16(18-14)11-21-3/h4-8,12,15H,9-11H2,1-3H3/t15-/m0/s1. The molecule has 0 saturated carbocycles. The van der Waals surface area contributed by atoms with E-state index in [0.717, 1.165) is 23.5 Å². The topological polar surface area (TPSA) is 51.7 Å². The zero-order valence-electron chi connectivity index (χ0n) is 13.7. The van der Waals surface area contributed by atoms with Gasteiger partial charge >= 0.3 is 5.97 Å². The molecule has 5 nitrogen and oxygen atoms in total. The number of aromatic nitrogens is 1. The van der Waals surface area contributed by atoms with Gasteiger partial charge in [0.05, 0.1) is 6.61 Å². The Morgan fingerprint density at radius 1 is 1.30 bits per heavy atom. The van der Waals surface area contributed by atoms with E-state index in [1.54, 1.807) is 12.5 Å². The Balaban J connectivity index is 2.07. The van der Waals surface area contributed by atoms with Gasteiger partial charge < -0.3 is 14.4 Å². The van der Waals surface area contributed by atoms with Gasteiger partial charge in [0.15, 0.2) is 5.69 Å². The molecular weight excluding hydrogens is 312 g/mol. The Morgan fingerprint density at radius 3 is 2.70 bits per heavy atom. The number of esters is 1. The van der Waals surface area contributed by atoms with E-state index >= 15 is 0 Å². The molecule has 124 valence electrons. The van der Waals surface area contributed by atoms with Crippen molar-refractivity contribution in [2.45, 2.75) is 19.1 Å². The van der Waals surface area contributed by atoms with Crippen LogP contribution in [0.2, 0.25) is 0 Å². The first-order valence-corrected chi connectivity index (χ1v) is 8.32. The molecule has 0 N–H and O–H groups in total. The highest BCUT2D eigenvalue weighted by Gasteiger charge is 2.20. The molecule has 0 fully saturated rings. The quantitative estimate of drug-likeness (QED) is 0.694. The molecule has 0 bridgehead atoms. The van der Waals surface area contributed by atoms with E-state index < -0.39 is 5.97 Å². The van der Waals surface area contributed by atoms with Crippen molar-refractivity contribution in [1.29, 1.82) is 0 Å². The van der Waals surface area contributed by atoms with Crippen LogP contribution in [0.1, 0.15) is 33.6 Å². The van der Waals surface area contributed by atoms with Gasteiger partial charge in [0.1, 0.15) is 11.1 Å². The highest BCUT2D eigenvalue weighted by molar-refractivity contribution is 7.09. The molecule has 0 amide bonds. The summed E-state index contributed by atoms with van der Waals surface area (Å²) in [6.07, 6.45) is 0.455. The summed E-state index contributed by atoms with van der Waals surface area (Å²) in [5.41, 5.74) is 1.34. The molecule has 0 saturated heterocycles. The average Bonchev–Trinajstić information content (AvgIpc) is 3.01. The number of thiazole rings is 1. The van der Waals surface area contributed by atoms with E-state index in [4.69, 9.17) is 9.47 Å². The van der Waals surface area contributed by atoms with Crippen molar-refractivity contribution in [3.05, 3.63) is 52.0 Å². The minimum Gasteiger partial charge on any atom is -0.453 e. The van der Waals surface area contributed by atoms with E-state index in [1.807, 2.05) is 44.4 Å². The zero-order valence-corrected chi connectivity index (χ0v) is 14.5.